The predicted octanol–water partition coefficient (Wildman–Crippen LogP) is 2.12. The van der Waals surface area contributed by atoms with E-state index in [-0.39, 0.29) is 11.9 Å². The van der Waals surface area contributed by atoms with Crippen molar-refractivity contribution in [3.05, 3.63) is 47.0 Å². The van der Waals surface area contributed by atoms with Crippen LogP contribution in [0.4, 0.5) is 0 Å². The van der Waals surface area contributed by atoms with Crippen LogP contribution in [0.2, 0.25) is 0 Å². The first-order valence-electron chi connectivity index (χ1n) is 6.89. The van der Waals surface area contributed by atoms with Gasteiger partial charge in [-0.2, -0.15) is 0 Å². The van der Waals surface area contributed by atoms with Gasteiger partial charge in [-0.3, -0.25) is 4.79 Å². The molecule has 1 saturated carbocycles. The first-order valence-corrected chi connectivity index (χ1v) is 6.89. The molecule has 2 atom stereocenters. The van der Waals surface area contributed by atoms with Crippen LogP contribution in [0.5, 0.6) is 0 Å². The summed E-state index contributed by atoms with van der Waals surface area (Å²) in [5.74, 6) is 0.511. The Kier molecular flexibility index (Phi) is 3.15. The molecule has 0 spiro atoms. The van der Waals surface area contributed by atoms with Gasteiger partial charge in [0.15, 0.2) is 0 Å². The molecule has 0 heterocycles. The number of allylic oxidation sites excluding steroid dienone is 1. The molecule has 0 saturated heterocycles. The van der Waals surface area contributed by atoms with E-state index >= 15 is 0 Å². The molecule has 0 radical (unpaired) electrons. The van der Waals surface area contributed by atoms with E-state index in [1.807, 2.05) is 31.2 Å². The van der Waals surface area contributed by atoms with E-state index in [1.165, 1.54) is 12.8 Å². The van der Waals surface area contributed by atoms with E-state index in [4.69, 9.17) is 0 Å². The molecular weight excluding hydrogens is 238 g/mol. The van der Waals surface area contributed by atoms with E-state index < -0.39 is 6.10 Å². The highest BCUT2D eigenvalue weighted by molar-refractivity contribution is 5.88. The Labute approximate surface area is 113 Å². The zero-order valence-electron chi connectivity index (χ0n) is 11.1. The van der Waals surface area contributed by atoms with Crippen molar-refractivity contribution in [3.8, 4) is 0 Å². The van der Waals surface area contributed by atoms with Gasteiger partial charge >= 0.3 is 0 Å². The fraction of sp³-hybridized carbons (Fsp3) is 0.438. The SMILES string of the molecule is C/C(=C\C(=O)N[C@H]1c2ccccc2C[C@H]1O)C1CC1. The Bertz CT molecular complexity index is 531. The summed E-state index contributed by atoms with van der Waals surface area (Å²) >= 11 is 0. The average Bonchev–Trinajstić information content (AvgIpc) is 3.17. The van der Waals surface area contributed by atoms with E-state index in [1.54, 1.807) is 6.08 Å². The van der Waals surface area contributed by atoms with Crippen LogP contribution < -0.4 is 5.32 Å². The molecule has 1 amide bonds. The number of hydrogen-bond donors (Lipinski definition) is 2. The number of carbonyl (C=O) groups excluding carboxylic acids is 1. The predicted molar refractivity (Wildman–Crippen MR) is 73.5 cm³/mol. The zero-order chi connectivity index (χ0) is 13.4. The third-order valence-corrected chi connectivity index (χ3v) is 4.08. The Balaban J connectivity index is 1.72. The van der Waals surface area contributed by atoms with Crippen LogP contribution >= 0.6 is 0 Å². The molecule has 0 unspecified atom stereocenters. The van der Waals surface area contributed by atoms with Gasteiger partial charge in [-0.05, 0) is 36.8 Å². The third-order valence-electron chi connectivity index (χ3n) is 4.08. The summed E-state index contributed by atoms with van der Waals surface area (Å²) < 4.78 is 0. The molecule has 3 heteroatoms. The van der Waals surface area contributed by atoms with Crippen LogP contribution in [0.25, 0.3) is 0 Å². The zero-order valence-corrected chi connectivity index (χ0v) is 11.1. The summed E-state index contributed by atoms with van der Waals surface area (Å²) in [7, 11) is 0. The smallest absolute Gasteiger partial charge is 0.244 e. The lowest BCUT2D eigenvalue weighted by molar-refractivity contribution is -0.118. The Hall–Kier alpha value is -1.61. The van der Waals surface area contributed by atoms with Gasteiger partial charge in [-0.1, -0.05) is 29.8 Å². The number of benzene rings is 1. The van der Waals surface area contributed by atoms with Crippen molar-refractivity contribution in [1.82, 2.24) is 5.32 Å². The quantitative estimate of drug-likeness (QED) is 0.815. The summed E-state index contributed by atoms with van der Waals surface area (Å²) in [5, 5.41) is 13.0. The molecule has 1 fully saturated rings. The average molecular weight is 257 g/mol. The number of rotatable bonds is 3. The molecule has 19 heavy (non-hydrogen) atoms. The molecule has 3 rings (SSSR count). The van der Waals surface area contributed by atoms with Gasteiger partial charge in [0.25, 0.3) is 0 Å². The summed E-state index contributed by atoms with van der Waals surface area (Å²) in [6, 6.07) is 7.63. The van der Waals surface area contributed by atoms with Gasteiger partial charge in [-0.15, -0.1) is 0 Å². The summed E-state index contributed by atoms with van der Waals surface area (Å²) in [6.45, 7) is 2.01. The molecule has 100 valence electrons. The van der Waals surface area contributed by atoms with E-state index in [2.05, 4.69) is 5.32 Å². The van der Waals surface area contributed by atoms with Crippen molar-refractivity contribution in [2.45, 2.75) is 38.3 Å². The molecular formula is C16H19NO2. The first-order chi connectivity index (χ1) is 9.15. The maximum absolute atomic E-state index is 12.0. The highest BCUT2D eigenvalue weighted by Gasteiger charge is 2.31. The second-order valence-corrected chi connectivity index (χ2v) is 5.62. The minimum atomic E-state index is -0.518. The van der Waals surface area contributed by atoms with Gasteiger partial charge in [0, 0.05) is 12.5 Å². The lowest BCUT2D eigenvalue weighted by Gasteiger charge is -2.17. The normalized spacial score (nSPS) is 26.1. The topological polar surface area (TPSA) is 49.3 Å². The van der Waals surface area contributed by atoms with Gasteiger partial charge < -0.3 is 10.4 Å². The number of carbonyl (C=O) groups is 1. The maximum atomic E-state index is 12.0. The van der Waals surface area contributed by atoms with Crippen molar-refractivity contribution in [3.63, 3.8) is 0 Å². The number of nitrogens with one attached hydrogen (secondary N) is 1. The number of amides is 1. The fourth-order valence-corrected chi connectivity index (χ4v) is 2.81. The summed E-state index contributed by atoms with van der Waals surface area (Å²) in [6.07, 6.45) is 4.18. The number of aliphatic hydroxyl groups excluding tert-OH is 1. The van der Waals surface area contributed by atoms with Gasteiger partial charge in [0.1, 0.15) is 0 Å². The van der Waals surface area contributed by atoms with Crippen LogP contribution in [0.15, 0.2) is 35.9 Å². The van der Waals surface area contributed by atoms with Crippen molar-refractivity contribution >= 4 is 5.91 Å². The van der Waals surface area contributed by atoms with Gasteiger partial charge in [0.2, 0.25) is 5.91 Å². The van der Waals surface area contributed by atoms with Crippen LogP contribution in [0.1, 0.15) is 36.9 Å². The minimum Gasteiger partial charge on any atom is -0.390 e. The monoisotopic (exact) mass is 257 g/mol. The van der Waals surface area contributed by atoms with Crippen LogP contribution in [0.3, 0.4) is 0 Å². The largest absolute Gasteiger partial charge is 0.390 e. The van der Waals surface area contributed by atoms with Gasteiger partial charge in [0.05, 0.1) is 12.1 Å². The molecule has 0 aromatic heterocycles. The molecule has 2 aliphatic carbocycles. The number of aliphatic hydroxyl groups is 1. The highest BCUT2D eigenvalue weighted by atomic mass is 16.3. The Morgan fingerprint density at radius 1 is 1.37 bits per heavy atom. The summed E-state index contributed by atoms with van der Waals surface area (Å²) in [5.41, 5.74) is 3.32. The Morgan fingerprint density at radius 3 is 2.84 bits per heavy atom. The third kappa shape index (κ3) is 2.56. The van der Waals surface area contributed by atoms with Crippen LogP contribution in [-0.2, 0) is 11.2 Å². The molecule has 0 aliphatic heterocycles. The van der Waals surface area contributed by atoms with Crippen LogP contribution in [-0.4, -0.2) is 17.1 Å². The molecule has 3 nitrogen and oxygen atoms in total. The second kappa shape index (κ2) is 4.82. The van der Waals surface area contributed by atoms with Crippen molar-refractivity contribution in [2.75, 3.05) is 0 Å². The molecule has 2 N–H and O–H groups in total. The molecule has 0 bridgehead atoms. The van der Waals surface area contributed by atoms with Crippen molar-refractivity contribution < 1.29 is 9.90 Å². The summed E-state index contributed by atoms with van der Waals surface area (Å²) in [4.78, 5) is 12.0. The number of fused-ring (bicyclic) bond motifs is 1. The van der Waals surface area contributed by atoms with Crippen LogP contribution in [0, 0.1) is 5.92 Å². The van der Waals surface area contributed by atoms with Gasteiger partial charge in [-0.25, -0.2) is 0 Å². The second-order valence-electron chi connectivity index (χ2n) is 5.62. The highest BCUT2D eigenvalue weighted by Crippen LogP contribution is 2.36. The lowest BCUT2D eigenvalue weighted by Crippen LogP contribution is -2.32. The van der Waals surface area contributed by atoms with E-state index in [9.17, 15) is 9.90 Å². The molecule has 1 aromatic carbocycles. The fourth-order valence-electron chi connectivity index (χ4n) is 2.81. The number of hydrogen-bond acceptors (Lipinski definition) is 2. The minimum absolute atomic E-state index is 0.0925. The van der Waals surface area contributed by atoms with Crippen molar-refractivity contribution in [2.24, 2.45) is 5.92 Å². The maximum Gasteiger partial charge on any atom is 0.244 e. The first kappa shape index (κ1) is 12.4. The standard InChI is InChI=1S/C16H19NO2/c1-10(11-6-7-11)8-15(19)17-16-13-5-3-2-4-12(13)9-14(16)18/h2-5,8,11,14,16,18H,6-7,9H2,1H3,(H,17,19)/b10-8+/t14-,16+/m1/s1. The van der Waals surface area contributed by atoms with E-state index in [0.29, 0.717) is 12.3 Å². The Morgan fingerprint density at radius 2 is 2.11 bits per heavy atom. The molecule has 2 aliphatic rings. The lowest BCUT2D eigenvalue weighted by atomic mass is 10.1. The van der Waals surface area contributed by atoms with Crippen molar-refractivity contribution in [1.29, 1.82) is 0 Å². The van der Waals surface area contributed by atoms with E-state index in [0.717, 1.165) is 16.7 Å². The molecule has 1 aromatic rings.